The first-order chi connectivity index (χ1) is 10.1. The fraction of sp³-hybridized carbons (Fsp3) is 0.529. The van der Waals surface area contributed by atoms with E-state index < -0.39 is 5.41 Å². The molecule has 1 saturated heterocycles. The highest BCUT2D eigenvalue weighted by Gasteiger charge is 2.49. The second kappa shape index (κ2) is 5.17. The van der Waals surface area contributed by atoms with Crippen LogP contribution in [0.25, 0.3) is 0 Å². The highest BCUT2D eigenvalue weighted by Crippen LogP contribution is 2.42. The molecule has 0 radical (unpaired) electrons. The molecular formula is C17H22N2O2. The van der Waals surface area contributed by atoms with Crippen molar-refractivity contribution in [3.05, 3.63) is 23.8 Å². The molecule has 1 N–H and O–H groups in total. The smallest absolute Gasteiger partial charge is 0.240 e. The van der Waals surface area contributed by atoms with E-state index in [9.17, 15) is 9.59 Å². The van der Waals surface area contributed by atoms with Gasteiger partial charge in [-0.05, 0) is 43.4 Å². The quantitative estimate of drug-likeness (QED) is 0.869. The van der Waals surface area contributed by atoms with Gasteiger partial charge in [-0.25, -0.2) is 4.90 Å². The zero-order valence-corrected chi connectivity index (χ0v) is 12.7. The average Bonchev–Trinajstić information content (AvgIpc) is 2.78. The normalized spacial score (nSPS) is 20.4. The average molecular weight is 286 g/mol. The number of imide groups is 1. The van der Waals surface area contributed by atoms with Gasteiger partial charge in [0, 0.05) is 18.7 Å². The van der Waals surface area contributed by atoms with Gasteiger partial charge in [-0.3, -0.25) is 9.59 Å². The largest absolute Gasteiger partial charge is 0.385 e. The van der Waals surface area contributed by atoms with Crippen LogP contribution in [0.3, 0.4) is 0 Å². The summed E-state index contributed by atoms with van der Waals surface area (Å²) in [5.74, 6) is -0.104. The zero-order valence-electron chi connectivity index (χ0n) is 12.7. The number of nitrogens with one attached hydrogen (secondary N) is 1. The molecular weight excluding hydrogens is 264 g/mol. The van der Waals surface area contributed by atoms with Crippen LogP contribution >= 0.6 is 0 Å². The maximum absolute atomic E-state index is 12.8. The second-order valence-corrected chi connectivity index (χ2v) is 6.07. The summed E-state index contributed by atoms with van der Waals surface area (Å²) in [7, 11) is 0. The van der Waals surface area contributed by atoms with Crippen molar-refractivity contribution in [2.24, 2.45) is 5.41 Å². The predicted molar refractivity (Wildman–Crippen MR) is 83.4 cm³/mol. The molecule has 0 unspecified atom stereocenters. The highest BCUT2D eigenvalue weighted by atomic mass is 16.2. The maximum Gasteiger partial charge on any atom is 0.240 e. The first kappa shape index (κ1) is 14.1. The lowest BCUT2D eigenvalue weighted by Crippen LogP contribution is -2.35. The Kier molecular flexibility index (Phi) is 3.47. The van der Waals surface area contributed by atoms with Crippen molar-refractivity contribution in [2.45, 2.75) is 46.0 Å². The van der Waals surface area contributed by atoms with Gasteiger partial charge in [0.25, 0.3) is 0 Å². The third-order valence-corrected chi connectivity index (χ3v) is 5.04. The lowest BCUT2D eigenvalue weighted by molar-refractivity contribution is -0.126. The Morgan fingerprint density at radius 1 is 1.24 bits per heavy atom. The Labute approximate surface area is 125 Å². The number of nitrogens with zero attached hydrogens (tertiary/aromatic N) is 1. The molecule has 2 aliphatic rings. The Balaban J connectivity index is 1.97. The van der Waals surface area contributed by atoms with Crippen LogP contribution in [-0.4, -0.2) is 18.4 Å². The van der Waals surface area contributed by atoms with Gasteiger partial charge in [0.2, 0.25) is 11.8 Å². The molecule has 1 aromatic rings. The SMILES string of the molecule is CCC1(CC)CC(=O)N(c2ccc3c(c2)NCCC3)C1=O. The van der Waals surface area contributed by atoms with Gasteiger partial charge in [0.15, 0.2) is 0 Å². The van der Waals surface area contributed by atoms with Crippen molar-refractivity contribution in [3.8, 4) is 0 Å². The van der Waals surface area contributed by atoms with Gasteiger partial charge in [-0.1, -0.05) is 19.9 Å². The molecule has 0 atom stereocenters. The number of hydrogen-bond acceptors (Lipinski definition) is 3. The maximum atomic E-state index is 12.8. The molecule has 4 heteroatoms. The van der Waals surface area contributed by atoms with E-state index in [-0.39, 0.29) is 11.8 Å². The van der Waals surface area contributed by atoms with E-state index in [2.05, 4.69) is 5.32 Å². The second-order valence-electron chi connectivity index (χ2n) is 6.07. The lowest BCUT2D eigenvalue weighted by Gasteiger charge is -2.25. The minimum Gasteiger partial charge on any atom is -0.385 e. The van der Waals surface area contributed by atoms with Gasteiger partial charge in [0.1, 0.15) is 0 Å². The highest BCUT2D eigenvalue weighted by molar-refractivity contribution is 6.22. The van der Waals surface area contributed by atoms with E-state index in [1.165, 1.54) is 10.5 Å². The van der Waals surface area contributed by atoms with Crippen molar-refractivity contribution >= 4 is 23.2 Å². The summed E-state index contributed by atoms with van der Waals surface area (Å²) in [6, 6.07) is 5.89. The summed E-state index contributed by atoms with van der Waals surface area (Å²) >= 11 is 0. The van der Waals surface area contributed by atoms with Crippen molar-refractivity contribution < 1.29 is 9.59 Å². The summed E-state index contributed by atoms with van der Waals surface area (Å²) in [6.45, 7) is 4.94. The molecule has 0 bridgehead atoms. The van der Waals surface area contributed by atoms with Crippen molar-refractivity contribution in [1.29, 1.82) is 0 Å². The van der Waals surface area contributed by atoms with Gasteiger partial charge in [-0.2, -0.15) is 0 Å². The van der Waals surface area contributed by atoms with Crippen LogP contribution in [0.2, 0.25) is 0 Å². The van der Waals surface area contributed by atoms with Crippen molar-refractivity contribution in [3.63, 3.8) is 0 Å². The van der Waals surface area contributed by atoms with E-state index in [4.69, 9.17) is 0 Å². The number of carbonyl (C=O) groups excluding carboxylic acids is 2. The van der Waals surface area contributed by atoms with E-state index in [1.807, 2.05) is 32.0 Å². The fourth-order valence-corrected chi connectivity index (χ4v) is 3.45. The molecule has 112 valence electrons. The number of anilines is 2. The summed E-state index contributed by atoms with van der Waals surface area (Å²) in [4.78, 5) is 26.5. The first-order valence-electron chi connectivity index (χ1n) is 7.85. The van der Waals surface area contributed by atoms with E-state index in [0.29, 0.717) is 24.9 Å². The molecule has 0 aliphatic carbocycles. The van der Waals surface area contributed by atoms with Crippen molar-refractivity contribution in [2.75, 3.05) is 16.8 Å². The van der Waals surface area contributed by atoms with Gasteiger partial charge in [-0.15, -0.1) is 0 Å². The van der Waals surface area contributed by atoms with Crippen LogP contribution in [0.4, 0.5) is 11.4 Å². The molecule has 0 saturated carbocycles. The van der Waals surface area contributed by atoms with Crippen LogP contribution in [0.15, 0.2) is 18.2 Å². The van der Waals surface area contributed by atoms with Gasteiger partial charge < -0.3 is 5.32 Å². The Hall–Kier alpha value is -1.84. The summed E-state index contributed by atoms with van der Waals surface area (Å²) in [5, 5.41) is 3.36. The number of carbonyl (C=O) groups is 2. The fourth-order valence-electron chi connectivity index (χ4n) is 3.45. The third kappa shape index (κ3) is 2.13. The minimum atomic E-state index is -0.500. The lowest BCUT2D eigenvalue weighted by atomic mass is 9.81. The Morgan fingerprint density at radius 3 is 2.67 bits per heavy atom. The molecule has 0 aromatic heterocycles. The van der Waals surface area contributed by atoms with Crippen LogP contribution in [0.5, 0.6) is 0 Å². The molecule has 3 rings (SSSR count). The molecule has 21 heavy (non-hydrogen) atoms. The number of hydrogen-bond donors (Lipinski definition) is 1. The topological polar surface area (TPSA) is 49.4 Å². The number of amides is 2. The Bertz CT molecular complexity index is 590. The van der Waals surface area contributed by atoms with Crippen LogP contribution in [-0.2, 0) is 16.0 Å². The molecule has 1 aromatic carbocycles. The van der Waals surface area contributed by atoms with E-state index in [1.54, 1.807) is 0 Å². The number of rotatable bonds is 3. The molecule has 2 heterocycles. The summed E-state index contributed by atoms with van der Waals surface area (Å²) in [5.41, 5.74) is 2.54. The first-order valence-corrected chi connectivity index (χ1v) is 7.85. The standard InChI is InChI=1S/C17H22N2O2/c1-3-17(4-2)11-15(20)19(16(17)21)13-8-7-12-6-5-9-18-14(12)10-13/h7-8,10,18H,3-6,9,11H2,1-2H3. The van der Waals surface area contributed by atoms with Crippen LogP contribution in [0.1, 0.15) is 45.1 Å². The Morgan fingerprint density at radius 2 is 2.00 bits per heavy atom. The summed E-state index contributed by atoms with van der Waals surface area (Å²) < 4.78 is 0. The van der Waals surface area contributed by atoms with Gasteiger partial charge in [0.05, 0.1) is 11.1 Å². The molecule has 2 aliphatic heterocycles. The summed E-state index contributed by atoms with van der Waals surface area (Å²) in [6.07, 6.45) is 3.95. The monoisotopic (exact) mass is 286 g/mol. The van der Waals surface area contributed by atoms with Crippen molar-refractivity contribution in [1.82, 2.24) is 0 Å². The number of fused-ring (bicyclic) bond motifs is 1. The molecule has 1 fully saturated rings. The predicted octanol–water partition coefficient (Wildman–Crippen LogP) is 3.11. The number of benzene rings is 1. The zero-order chi connectivity index (χ0) is 15.0. The third-order valence-electron chi connectivity index (χ3n) is 5.04. The van der Waals surface area contributed by atoms with E-state index in [0.717, 1.165) is 25.1 Å². The minimum absolute atomic E-state index is 0.0340. The molecule has 4 nitrogen and oxygen atoms in total. The molecule has 0 spiro atoms. The molecule has 2 amide bonds. The van der Waals surface area contributed by atoms with E-state index >= 15 is 0 Å². The van der Waals surface area contributed by atoms with Gasteiger partial charge >= 0.3 is 0 Å². The van der Waals surface area contributed by atoms with Crippen LogP contribution < -0.4 is 10.2 Å². The number of aryl methyl sites for hydroxylation is 1. The van der Waals surface area contributed by atoms with Crippen LogP contribution in [0, 0.1) is 5.41 Å².